The van der Waals surface area contributed by atoms with Crippen LogP contribution in [0.3, 0.4) is 0 Å². The molecule has 0 radical (unpaired) electrons. The van der Waals surface area contributed by atoms with E-state index in [2.05, 4.69) is 29.2 Å². The number of anilines is 1. The molecule has 2 aromatic carbocycles. The molecule has 2 saturated heterocycles. The van der Waals surface area contributed by atoms with Crippen LogP contribution >= 0.6 is 0 Å². The summed E-state index contributed by atoms with van der Waals surface area (Å²) in [5, 5.41) is 8.28. The molecular formula is C31H35N5O3. The first kappa shape index (κ1) is 22.3. The van der Waals surface area contributed by atoms with E-state index in [4.69, 9.17) is 0 Å². The standard InChI is InChI=1S/C31H35N5O3/c1-30(10-11-30)19-34-14-12-31(2,13-15-34)35-18-20(17-32-35)16-21-6-7-24-27-22(21)4-3-5-23(27)29(39)36(24)25-8-9-26(37)33-28(25)38/h3-7,17-18,25H,8-16,19H2,1-2H3,(H,33,37,38)/i16D2. The maximum Gasteiger partial charge on any atom is 0.259 e. The second-order valence-electron chi connectivity index (χ2n) is 12.4. The molecule has 3 fully saturated rings. The van der Waals surface area contributed by atoms with Crippen molar-refractivity contribution in [1.82, 2.24) is 20.0 Å². The third kappa shape index (κ3) is 4.16. The summed E-state index contributed by atoms with van der Waals surface area (Å²) in [7, 11) is 0. The SMILES string of the molecule is [2H]C([2H])(c1cnn(C2(C)CCN(CC3(C)CC3)CC2)c1)c1ccc2c3c(cccc13)C(=O)N2C1CCC(=O)NC1=O. The third-order valence-corrected chi connectivity index (χ3v) is 9.31. The zero-order chi connectivity index (χ0) is 28.7. The predicted octanol–water partition coefficient (Wildman–Crippen LogP) is 4.00. The van der Waals surface area contributed by atoms with Gasteiger partial charge in [-0.25, -0.2) is 0 Å². The van der Waals surface area contributed by atoms with Gasteiger partial charge in [0.05, 0.1) is 17.4 Å². The fourth-order valence-electron chi connectivity index (χ4n) is 6.52. The molecule has 8 heteroatoms. The monoisotopic (exact) mass is 527 g/mol. The Balaban J connectivity index is 1.19. The molecule has 1 aromatic heterocycles. The van der Waals surface area contributed by atoms with Gasteiger partial charge in [-0.1, -0.05) is 25.1 Å². The molecule has 1 atom stereocenters. The van der Waals surface area contributed by atoms with Gasteiger partial charge < -0.3 is 4.90 Å². The first-order valence-corrected chi connectivity index (χ1v) is 14.0. The van der Waals surface area contributed by atoms with Crippen molar-refractivity contribution in [2.24, 2.45) is 5.41 Å². The zero-order valence-electron chi connectivity index (χ0n) is 24.5. The van der Waals surface area contributed by atoms with Crippen molar-refractivity contribution >= 4 is 34.2 Å². The van der Waals surface area contributed by atoms with Crippen LogP contribution in [0.1, 0.15) is 76.6 Å². The summed E-state index contributed by atoms with van der Waals surface area (Å²) >= 11 is 0. The molecule has 39 heavy (non-hydrogen) atoms. The van der Waals surface area contributed by atoms with E-state index in [1.807, 2.05) is 16.9 Å². The molecule has 8 nitrogen and oxygen atoms in total. The quantitative estimate of drug-likeness (QED) is 0.490. The van der Waals surface area contributed by atoms with Crippen LogP contribution in [0.2, 0.25) is 0 Å². The Hall–Kier alpha value is -3.52. The lowest BCUT2D eigenvalue weighted by atomic mass is 9.89. The minimum Gasteiger partial charge on any atom is -0.303 e. The van der Waals surface area contributed by atoms with Gasteiger partial charge in [0.2, 0.25) is 11.8 Å². The van der Waals surface area contributed by atoms with Gasteiger partial charge in [0.1, 0.15) is 6.04 Å². The van der Waals surface area contributed by atoms with Crippen LogP contribution in [0.4, 0.5) is 5.69 Å². The van der Waals surface area contributed by atoms with Crippen molar-refractivity contribution < 1.29 is 17.1 Å². The summed E-state index contributed by atoms with van der Waals surface area (Å²) in [5.74, 6) is -1.12. The predicted molar refractivity (Wildman–Crippen MR) is 149 cm³/mol. The molecule has 3 amide bonds. The Morgan fingerprint density at radius 2 is 1.87 bits per heavy atom. The number of carbonyl (C=O) groups excluding carboxylic acids is 3. The molecule has 0 bridgehead atoms. The Morgan fingerprint density at radius 1 is 1.08 bits per heavy atom. The lowest BCUT2D eigenvalue weighted by Crippen LogP contribution is -2.53. The number of piperidine rings is 2. The number of aromatic nitrogens is 2. The number of rotatable bonds is 6. The first-order valence-electron chi connectivity index (χ1n) is 15.0. The van der Waals surface area contributed by atoms with Crippen LogP contribution in [0.5, 0.6) is 0 Å². The van der Waals surface area contributed by atoms with Gasteiger partial charge in [-0.15, -0.1) is 0 Å². The zero-order valence-corrected chi connectivity index (χ0v) is 22.5. The van der Waals surface area contributed by atoms with Crippen molar-refractivity contribution in [1.29, 1.82) is 0 Å². The molecule has 7 rings (SSSR count). The van der Waals surface area contributed by atoms with Gasteiger partial charge in [-0.05, 0) is 73.1 Å². The van der Waals surface area contributed by atoms with Gasteiger partial charge in [0, 0.05) is 52.3 Å². The van der Waals surface area contributed by atoms with E-state index in [9.17, 15) is 17.1 Å². The summed E-state index contributed by atoms with van der Waals surface area (Å²) in [6, 6.07) is 7.97. The summed E-state index contributed by atoms with van der Waals surface area (Å²) in [6.07, 6.45) is 6.60. The van der Waals surface area contributed by atoms with Crippen molar-refractivity contribution in [3.8, 4) is 0 Å². The van der Waals surface area contributed by atoms with Gasteiger partial charge in [-0.3, -0.25) is 29.3 Å². The molecule has 0 spiro atoms. The first-order chi connectivity index (χ1) is 19.5. The van der Waals surface area contributed by atoms with Gasteiger partial charge >= 0.3 is 0 Å². The molecule has 1 N–H and O–H groups in total. The minimum atomic E-state index is -1.86. The summed E-state index contributed by atoms with van der Waals surface area (Å²) in [6.45, 7) is 7.76. The van der Waals surface area contributed by atoms with Crippen LogP contribution in [-0.4, -0.2) is 58.1 Å². The lowest BCUT2D eigenvalue weighted by Gasteiger charge is -2.40. The summed E-state index contributed by atoms with van der Waals surface area (Å²) < 4.78 is 20.4. The topological polar surface area (TPSA) is 87.5 Å². The summed E-state index contributed by atoms with van der Waals surface area (Å²) in [5.41, 5.74) is 2.25. The van der Waals surface area contributed by atoms with E-state index in [1.165, 1.54) is 17.7 Å². The highest BCUT2D eigenvalue weighted by molar-refractivity contribution is 6.27. The number of hydrogen-bond acceptors (Lipinski definition) is 5. The molecule has 4 aliphatic rings. The Labute approximate surface area is 231 Å². The van der Waals surface area contributed by atoms with E-state index in [0.717, 1.165) is 32.5 Å². The number of carbonyl (C=O) groups is 3. The van der Waals surface area contributed by atoms with Crippen molar-refractivity contribution in [2.75, 3.05) is 24.5 Å². The van der Waals surface area contributed by atoms with Gasteiger partial charge in [-0.2, -0.15) is 5.10 Å². The molecule has 1 saturated carbocycles. The molecule has 1 unspecified atom stereocenters. The summed E-state index contributed by atoms with van der Waals surface area (Å²) in [4.78, 5) is 41.9. The second-order valence-corrected chi connectivity index (χ2v) is 12.4. The minimum absolute atomic E-state index is 0.167. The number of benzene rings is 2. The second kappa shape index (κ2) is 8.74. The van der Waals surface area contributed by atoms with Crippen molar-refractivity contribution in [3.05, 3.63) is 59.4 Å². The smallest absolute Gasteiger partial charge is 0.259 e. The fourth-order valence-corrected chi connectivity index (χ4v) is 6.52. The number of nitrogens with zero attached hydrogens (tertiary/aromatic N) is 4. The van der Waals surface area contributed by atoms with Crippen molar-refractivity contribution in [2.45, 2.75) is 70.3 Å². The highest BCUT2D eigenvalue weighted by Gasteiger charge is 2.42. The Bertz CT molecular complexity index is 1600. The lowest BCUT2D eigenvalue weighted by molar-refractivity contribution is -0.134. The van der Waals surface area contributed by atoms with E-state index < -0.39 is 18.3 Å². The number of hydrogen-bond donors (Lipinski definition) is 1. The Kier molecular flexibility index (Phi) is 5.00. The average Bonchev–Trinajstić information content (AvgIpc) is 3.32. The third-order valence-electron chi connectivity index (χ3n) is 9.31. The largest absolute Gasteiger partial charge is 0.303 e. The number of amides is 3. The van der Waals surface area contributed by atoms with Gasteiger partial charge in [0.25, 0.3) is 5.91 Å². The van der Waals surface area contributed by atoms with Crippen LogP contribution in [0, 0.1) is 5.41 Å². The van der Waals surface area contributed by atoms with E-state index >= 15 is 0 Å². The average molecular weight is 528 g/mol. The highest BCUT2D eigenvalue weighted by Crippen LogP contribution is 2.46. The van der Waals surface area contributed by atoms with Gasteiger partial charge in [0.15, 0.2) is 0 Å². The van der Waals surface area contributed by atoms with Crippen molar-refractivity contribution in [3.63, 3.8) is 0 Å². The molecule has 3 aliphatic heterocycles. The molecule has 202 valence electrons. The molecular weight excluding hydrogens is 490 g/mol. The maximum absolute atomic E-state index is 13.5. The van der Waals surface area contributed by atoms with Crippen LogP contribution in [-0.2, 0) is 21.5 Å². The van der Waals surface area contributed by atoms with Crippen LogP contribution in [0.15, 0.2) is 42.7 Å². The Morgan fingerprint density at radius 3 is 2.62 bits per heavy atom. The number of imide groups is 1. The number of likely N-dealkylation sites (tertiary alicyclic amines) is 1. The fraction of sp³-hybridized carbons (Fsp3) is 0.484. The highest BCUT2D eigenvalue weighted by atomic mass is 16.2. The molecule has 3 aromatic rings. The van der Waals surface area contributed by atoms with E-state index in [-0.39, 0.29) is 30.2 Å². The van der Waals surface area contributed by atoms with E-state index in [1.54, 1.807) is 30.5 Å². The van der Waals surface area contributed by atoms with Crippen LogP contribution < -0.4 is 10.2 Å². The van der Waals surface area contributed by atoms with E-state index in [0.29, 0.717) is 38.6 Å². The normalized spacial score (nSPS) is 25.0. The number of nitrogens with one attached hydrogen (secondary N) is 1. The maximum atomic E-state index is 13.5. The van der Waals surface area contributed by atoms with Crippen LogP contribution in [0.25, 0.3) is 10.8 Å². The molecule has 1 aliphatic carbocycles. The molecule has 4 heterocycles.